The standard InChI is InChI=1S/C18H14Cl2N4O/c19-15-7-6-14(8-16(15)20)24-17(25)13-10-22-18(23-11-13)21-9-12-4-2-1-3-5-12/h1-8,10-11H,9H2,(H,24,25)(H,21,22,23). The van der Waals surface area contributed by atoms with E-state index in [1.54, 1.807) is 18.2 Å². The van der Waals surface area contributed by atoms with E-state index in [9.17, 15) is 4.79 Å². The van der Waals surface area contributed by atoms with Crippen LogP contribution in [0.1, 0.15) is 15.9 Å². The zero-order chi connectivity index (χ0) is 17.6. The molecule has 126 valence electrons. The number of halogens is 2. The summed E-state index contributed by atoms with van der Waals surface area (Å²) in [6.07, 6.45) is 2.93. The molecule has 1 amide bonds. The summed E-state index contributed by atoms with van der Waals surface area (Å²) in [4.78, 5) is 20.5. The molecule has 0 saturated heterocycles. The Bertz CT molecular complexity index is 870. The van der Waals surface area contributed by atoms with Crippen LogP contribution in [0.3, 0.4) is 0 Å². The highest BCUT2D eigenvalue weighted by molar-refractivity contribution is 6.42. The molecule has 3 aromatic rings. The van der Waals surface area contributed by atoms with Gasteiger partial charge in [0.25, 0.3) is 5.91 Å². The third-order valence-electron chi connectivity index (χ3n) is 3.38. The van der Waals surface area contributed by atoms with Gasteiger partial charge in [-0.15, -0.1) is 0 Å². The van der Waals surface area contributed by atoms with Crippen molar-refractivity contribution in [3.05, 3.63) is 82.1 Å². The Kier molecular flexibility index (Phi) is 5.48. The Morgan fingerprint density at radius 2 is 1.68 bits per heavy atom. The molecule has 2 aromatic carbocycles. The van der Waals surface area contributed by atoms with Crippen LogP contribution in [0.2, 0.25) is 10.0 Å². The molecule has 0 fully saturated rings. The van der Waals surface area contributed by atoms with Crippen molar-refractivity contribution in [2.45, 2.75) is 6.54 Å². The first-order valence-electron chi connectivity index (χ1n) is 7.48. The number of hydrogen-bond donors (Lipinski definition) is 2. The molecule has 0 unspecified atom stereocenters. The fourth-order valence-electron chi connectivity index (χ4n) is 2.09. The lowest BCUT2D eigenvalue weighted by molar-refractivity contribution is 0.102. The van der Waals surface area contributed by atoms with Crippen molar-refractivity contribution >= 4 is 40.7 Å². The fourth-order valence-corrected chi connectivity index (χ4v) is 2.39. The van der Waals surface area contributed by atoms with Gasteiger partial charge in [0.05, 0.1) is 15.6 Å². The maximum absolute atomic E-state index is 12.2. The Balaban J connectivity index is 1.61. The zero-order valence-corrected chi connectivity index (χ0v) is 14.6. The Labute approximate surface area is 155 Å². The number of hydrogen-bond acceptors (Lipinski definition) is 4. The maximum Gasteiger partial charge on any atom is 0.258 e. The molecule has 0 atom stereocenters. The molecule has 0 saturated carbocycles. The lowest BCUT2D eigenvalue weighted by Crippen LogP contribution is -2.13. The van der Waals surface area contributed by atoms with Gasteiger partial charge in [0.15, 0.2) is 0 Å². The Morgan fingerprint density at radius 3 is 2.36 bits per heavy atom. The van der Waals surface area contributed by atoms with Crippen molar-refractivity contribution in [1.82, 2.24) is 9.97 Å². The predicted octanol–water partition coefficient (Wildman–Crippen LogP) is 4.65. The SMILES string of the molecule is O=C(Nc1ccc(Cl)c(Cl)c1)c1cnc(NCc2ccccc2)nc1. The summed E-state index contributed by atoms with van der Waals surface area (Å²) in [6, 6.07) is 14.8. The third-order valence-corrected chi connectivity index (χ3v) is 4.12. The van der Waals surface area contributed by atoms with Gasteiger partial charge in [-0.25, -0.2) is 9.97 Å². The molecule has 0 aliphatic carbocycles. The molecule has 0 bridgehead atoms. The summed E-state index contributed by atoms with van der Waals surface area (Å²) >= 11 is 11.8. The minimum absolute atomic E-state index is 0.326. The van der Waals surface area contributed by atoms with Gasteiger partial charge in [-0.2, -0.15) is 0 Å². The first kappa shape index (κ1) is 17.2. The van der Waals surface area contributed by atoms with Crippen LogP contribution in [0, 0.1) is 0 Å². The molecule has 1 heterocycles. The van der Waals surface area contributed by atoms with E-state index < -0.39 is 0 Å². The van der Waals surface area contributed by atoms with E-state index in [1.807, 2.05) is 30.3 Å². The van der Waals surface area contributed by atoms with Crippen LogP contribution >= 0.6 is 23.2 Å². The van der Waals surface area contributed by atoms with Gasteiger partial charge in [-0.1, -0.05) is 53.5 Å². The minimum atomic E-state index is -0.326. The second kappa shape index (κ2) is 7.96. The van der Waals surface area contributed by atoms with E-state index in [-0.39, 0.29) is 5.91 Å². The van der Waals surface area contributed by atoms with Crippen LogP contribution in [0.15, 0.2) is 60.9 Å². The van der Waals surface area contributed by atoms with Gasteiger partial charge in [-0.3, -0.25) is 4.79 Å². The minimum Gasteiger partial charge on any atom is -0.350 e. The number of rotatable bonds is 5. The van der Waals surface area contributed by atoms with Crippen molar-refractivity contribution in [3.63, 3.8) is 0 Å². The second-order valence-corrected chi connectivity index (χ2v) is 6.03. The third kappa shape index (κ3) is 4.68. The molecular weight excluding hydrogens is 359 g/mol. The summed E-state index contributed by atoms with van der Waals surface area (Å²) in [7, 11) is 0. The molecule has 7 heteroatoms. The van der Waals surface area contributed by atoms with Crippen LogP contribution in [0.4, 0.5) is 11.6 Å². The number of amides is 1. The maximum atomic E-state index is 12.2. The molecule has 0 aliphatic rings. The van der Waals surface area contributed by atoms with Crippen LogP contribution in [0.5, 0.6) is 0 Å². The monoisotopic (exact) mass is 372 g/mol. The van der Waals surface area contributed by atoms with Gasteiger partial charge < -0.3 is 10.6 Å². The van der Waals surface area contributed by atoms with Crippen molar-refractivity contribution < 1.29 is 4.79 Å². The van der Waals surface area contributed by atoms with E-state index in [0.29, 0.717) is 33.8 Å². The number of nitrogens with zero attached hydrogens (tertiary/aromatic N) is 2. The van der Waals surface area contributed by atoms with Crippen LogP contribution < -0.4 is 10.6 Å². The number of carbonyl (C=O) groups is 1. The van der Waals surface area contributed by atoms with E-state index in [2.05, 4.69) is 20.6 Å². The topological polar surface area (TPSA) is 66.9 Å². The Morgan fingerprint density at radius 1 is 0.960 bits per heavy atom. The summed E-state index contributed by atoms with van der Waals surface area (Å²) in [5.74, 6) is 0.128. The van der Waals surface area contributed by atoms with E-state index in [0.717, 1.165) is 5.56 Å². The van der Waals surface area contributed by atoms with E-state index in [1.165, 1.54) is 12.4 Å². The smallest absolute Gasteiger partial charge is 0.258 e. The van der Waals surface area contributed by atoms with Crippen molar-refractivity contribution in [2.24, 2.45) is 0 Å². The largest absolute Gasteiger partial charge is 0.350 e. The summed E-state index contributed by atoms with van der Waals surface area (Å²) in [5, 5.41) is 6.62. The fraction of sp³-hybridized carbons (Fsp3) is 0.0556. The first-order chi connectivity index (χ1) is 12.1. The lowest BCUT2D eigenvalue weighted by atomic mass is 10.2. The van der Waals surface area contributed by atoms with Gasteiger partial charge in [0.2, 0.25) is 5.95 Å². The summed E-state index contributed by atoms with van der Waals surface area (Å²) in [6.45, 7) is 0.607. The second-order valence-electron chi connectivity index (χ2n) is 5.22. The average molecular weight is 373 g/mol. The molecule has 2 N–H and O–H groups in total. The number of nitrogens with one attached hydrogen (secondary N) is 2. The molecule has 25 heavy (non-hydrogen) atoms. The first-order valence-corrected chi connectivity index (χ1v) is 8.23. The van der Waals surface area contributed by atoms with Crippen molar-refractivity contribution in [1.29, 1.82) is 0 Å². The molecular formula is C18H14Cl2N4O. The van der Waals surface area contributed by atoms with Gasteiger partial charge in [0.1, 0.15) is 0 Å². The van der Waals surface area contributed by atoms with Gasteiger partial charge in [-0.05, 0) is 23.8 Å². The van der Waals surface area contributed by atoms with Crippen molar-refractivity contribution in [3.8, 4) is 0 Å². The van der Waals surface area contributed by atoms with Gasteiger partial charge >= 0.3 is 0 Å². The van der Waals surface area contributed by atoms with E-state index in [4.69, 9.17) is 23.2 Å². The summed E-state index contributed by atoms with van der Waals surface area (Å²) < 4.78 is 0. The normalized spacial score (nSPS) is 10.3. The molecule has 0 spiro atoms. The molecule has 0 radical (unpaired) electrons. The highest BCUT2D eigenvalue weighted by atomic mass is 35.5. The van der Waals surface area contributed by atoms with Crippen molar-refractivity contribution in [2.75, 3.05) is 10.6 Å². The van der Waals surface area contributed by atoms with Crippen LogP contribution in [0.25, 0.3) is 0 Å². The Hall–Kier alpha value is -2.63. The average Bonchev–Trinajstić information content (AvgIpc) is 2.64. The zero-order valence-electron chi connectivity index (χ0n) is 13.0. The molecule has 1 aromatic heterocycles. The van der Waals surface area contributed by atoms with Crippen LogP contribution in [-0.2, 0) is 6.54 Å². The quantitative estimate of drug-likeness (QED) is 0.683. The van der Waals surface area contributed by atoms with Gasteiger partial charge in [0, 0.05) is 24.6 Å². The highest BCUT2D eigenvalue weighted by Gasteiger charge is 2.09. The highest BCUT2D eigenvalue weighted by Crippen LogP contribution is 2.25. The van der Waals surface area contributed by atoms with E-state index >= 15 is 0 Å². The number of benzene rings is 2. The molecule has 0 aliphatic heterocycles. The number of carbonyl (C=O) groups excluding carboxylic acids is 1. The lowest BCUT2D eigenvalue weighted by Gasteiger charge is -2.07. The number of aromatic nitrogens is 2. The molecule has 5 nitrogen and oxygen atoms in total. The predicted molar refractivity (Wildman–Crippen MR) is 100 cm³/mol. The summed E-state index contributed by atoms with van der Waals surface area (Å²) in [5.41, 5.74) is 2.01. The molecule has 3 rings (SSSR count). The number of anilines is 2. The van der Waals surface area contributed by atoms with Crippen LogP contribution in [-0.4, -0.2) is 15.9 Å².